The molecule has 25 heavy (non-hydrogen) atoms. The number of rotatable bonds is 1. The number of ether oxygens (including phenoxy) is 1. The summed E-state index contributed by atoms with van der Waals surface area (Å²) in [7, 11) is 0. The smallest absolute Gasteiger partial charge is 0.410 e. The van der Waals surface area contributed by atoms with E-state index in [1.807, 2.05) is 20.8 Å². The first kappa shape index (κ1) is 18.0. The maximum atomic E-state index is 13.7. The summed E-state index contributed by atoms with van der Waals surface area (Å²) in [5.74, 6) is -0.416. The topological polar surface area (TPSA) is 67.3 Å². The van der Waals surface area contributed by atoms with E-state index in [2.05, 4.69) is 20.9 Å². The zero-order valence-corrected chi connectivity index (χ0v) is 16.0. The van der Waals surface area contributed by atoms with Crippen molar-refractivity contribution in [3.8, 4) is 0 Å². The fourth-order valence-electron chi connectivity index (χ4n) is 3.12. The number of nitrogens with zero attached hydrogens (tertiary/aromatic N) is 2. The van der Waals surface area contributed by atoms with E-state index >= 15 is 0 Å². The molecule has 2 aromatic rings. The molecule has 1 aliphatic rings. The van der Waals surface area contributed by atoms with Gasteiger partial charge < -0.3 is 14.6 Å². The molecule has 1 saturated heterocycles. The van der Waals surface area contributed by atoms with Crippen LogP contribution in [0, 0.1) is 5.82 Å². The molecule has 0 aliphatic carbocycles. The van der Waals surface area contributed by atoms with Crippen LogP contribution in [0.1, 0.15) is 39.7 Å². The zero-order chi connectivity index (χ0) is 18.4. The number of amides is 1. The lowest BCUT2D eigenvalue weighted by Gasteiger charge is -2.33. The van der Waals surface area contributed by atoms with Crippen LogP contribution in [0.3, 0.4) is 0 Å². The van der Waals surface area contributed by atoms with Crippen molar-refractivity contribution in [2.75, 3.05) is 13.1 Å². The fourth-order valence-corrected chi connectivity index (χ4v) is 3.45. The number of aromatic amines is 1. The van der Waals surface area contributed by atoms with Gasteiger partial charge in [0.2, 0.25) is 0 Å². The van der Waals surface area contributed by atoms with E-state index in [4.69, 9.17) is 4.74 Å². The number of imidazole rings is 1. The normalized spacial score (nSPS) is 16.4. The quantitative estimate of drug-likeness (QED) is 0.772. The number of fused-ring (bicyclic) bond motifs is 1. The Hall–Kier alpha value is -1.83. The number of likely N-dealkylation sites (tertiary alicyclic amines) is 1. The molecule has 1 N–H and O–H groups in total. The summed E-state index contributed by atoms with van der Waals surface area (Å²) >= 11 is 3.17. The number of halogens is 2. The first-order chi connectivity index (χ1) is 11.7. The summed E-state index contributed by atoms with van der Waals surface area (Å²) in [5, 5.41) is 0. The molecule has 1 aromatic heterocycles. The standard InChI is InChI=1S/C17H21BrFN3O3/c1-17(2,3)25-16(24)21-6-4-10(5-7-21)22-14-8-11(18)12(19)9-13(14)20-15(22)23/h8-10H,4-7H2,1-3H3,(H,20,23). The molecule has 6 nitrogen and oxygen atoms in total. The molecule has 0 atom stereocenters. The van der Waals surface area contributed by atoms with Gasteiger partial charge in [0.1, 0.15) is 11.4 Å². The third kappa shape index (κ3) is 3.73. The van der Waals surface area contributed by atoms with E-state index in [1.165, 1.54) is 6.07 Å². The summed E-state index contributed by atoms with van der Waals surface area (Å²) in [4.78, 5) is 28.8. The molecule has 0 unspecified atom stereocenters. The average molecular weight is 414 g/mol. The fraction of sp³-hybridized carbons (Fsp3) is 0.529. The highest BCUT2D eigenvalue weighted by Gasteiger charge is 2.29. The summed E-state index contributed by atoms with van der Waals surface area (Å²) in [6.45, 7) is 6.53. The van der Waals surface area contributed by atoms with Gasteiger partial charge in [0.25, 0.3) is 0 Å². The molecule has 3 rings (SSSR count). The number of carbonyl (C=O) groups excluding carboxylic acids is 1. The molecule has 1 aromatic carbocycles. The van der Waals surface area contributed by atoms with Crippen molar-refractivity contribution >= 4 is 33.1 Å². The first-order valence-electron chi connectivity index (χ1n) is 8.23. The molecular weight excluding hydrogens is 393 g/mol. The van der Waals surface area contributed by atoms with Crippen LogP contribution < -0.4 is 5.69 Å². The van der Waals surface area contributed by atoms with Crippen LogP contribution in [0.5, 0.6) is 0 Å². The number of H-pyrrole nitrogens is 1. The van der Waals surface area contributed by atoms with Gasteiger partial charge in [-0.1, -0.05) is 0 Å². The average Bonchev–Trinajstić information content (AvgIpc) is 2.81. The van der Waals surface area contributed by atoms with Crippen molar-refractivity contribution in [2.45, 2.75) is 45.3 Å². The van der Waals surface area contributed by atoms with E-state index in [0.29, 0.717) is 41.4 Å². The zero-order valence-electron chi connectivity index (χ0n) is 14.4. The van der Waals surface area contributed by atoms with Gasteiger partial charge in [0.05, 0.1) is 15.5 Å². The monoisotopic (exact) mass is 413 g/mol. The van der Waals surface area contributed by atoms with Gasteiger partial charge in [-0.3, -0.25) is 4.57 Å². The van der Waals surface area contributed by atoms with Gasteiger partial charge in [0, 0.05) is 25.2 Å². The van der Waals surface area contributed by atoms with Crippen molar-refractivity contribution in [1.82, 2.24) is 14.5 Å². The Kier molecular flexibility index (Phi) is 4.66. The minimum absolute atomic E-state index is 0.0442. The Morgan fingerprint density at radius 1 is 1.32 bits per heavy atom. The molecule has 1 fully saturated rings. The van der Waals surface area contributed by atoms with E-state index in [9.17, 15) is 14.0 Å². The number of piperidine rings is 1. The lowest BCUT2D eigenvalue weighted by molar-refractivity contribution is 0.0189. The first-order valence-corrected chi connectivity index (χ1v) is 9.02. The Balaban J connectivity index is 1.79. The summed E-state index contributed by atoms with van der Waals surface area (Å²) in [6.07, 6.45) is 0.949. The van der Waals surface area contributed by atoms with Crippen molar-refractivity contribution in [3.63, 3.8) is 0 Å². The van der Waals surface area contributed by atoms with Crippen LogP contribution >= 0.6 is 15.9 Å². The van der Waals surface area contributed by atoms with Gasteiger partial charge in [-0.15, -0.1) is 0 Å². The third-order valence-electron chi connectivity index (χ3n) is 4.24. The summed E-state index contributed by atoms with van der Waals surface area (Å²) < 4.78 is 21.0. The minimum atomic E-state index is -0.530. The molecule has 2 heterocycles. The highest BCUT2D eigenvalue weighted by Crippen LogP contribution is 2.28. The molecule has 0 radical (unpaired) electrons. The number of benzene rings is 1. The second kappa shape index (κ2) is 6.48. The second-order valence-electron chi connectivity index (χ2n) is 7.28. The summed E-state index contributed by atoms with van der Waals surface area (Å²) in [5.41, 5.74) is 0.343. The Labute approximate surface area is 153 Å². The van der Waals surface area contributed by atoms with E-state index in [1.54, 1.807) is 15.5 Å². The van der Waals surface area contributed by atoms with Crippen molar-refractivity contribution < 1.29 is 13.9 Å². The van der Waals surface area contributed by atoms with Crippen LogP contribution in [-0.2, 0) is 4.74 Å². The molecule has 0 spiro atoms. The molecule has 0 saturated carbocycles. The predicted molar refractivity (Wildman–Crippen MR) is 96.3 cm³/mol. The highest BCUT2D eigenvalue weighted by atomic mass is 79.9. The molecule has 1 aliphatic heterocycles. The van der Waals surface area contributed by atoms with Crippen molar-refractivity contribution in [2.24, 2.45) is 0 Å². The largest absolute Gasteiger partial charge is 0.444 e. The second-order valence-corrected chi connectivity index (χ2v) is 8.14. The number of nitrogens with one attached hydrogen (secondary N) is 1. The van der Waals surface area contributed by atoms with E-state index in [0.717, 1.165) is 0 Å². The van der Waals surface area contributed by atoms with Gasteiger partial charge >= 0.3 is 11.8 Å². The van der Waals surface area contributed by atoms with E-state index < -0.39 is 11.4 Å². The van der Waals surface area contributed by atoms with Crippen molar-refractivity contribution in [1.29, 1.82) is 0 Å². The molecule has 8 heteroatoms. The third-order valence-corrected chi connectivity index (χ3v) is 4.85. The minimum Gasteiger partial charge on any atom is -0.444 e. The van der Waals surface area contributed by atoms with Gasteiger partial charge in [-0.05, 0) is 55.6 Å². The maximum absolute atomic E-state index is 13.7. The molecule has 136 valence electrons. The number of carbonyl (C=O) groups is 1. The molecule has 1 amide bonds. The molecular formula is C17H21BrFN3O3. The van der Waals surface area contributed by atoms with Gasteiger partial charge in [-0.25, -0.2) is 14.0 Å². The highest BCUT2D eigenvalue weighted by molar-refractivity contribution is 9.10. The number of hydrogen-bond donors (Lipinski definition) is 1. The molecule has 0 bridgehead atoms. The van der Waals surface area contributed by atoms with Crippen LogP contribution in [0.4, 0.5) is 9.18 Å². The Morgan fingerprint density at radius 2 is 1.96 bits per heavy atom. The maximum Gasteiger partial charge on any atom is 0.410 e. The lowest BCUT2D eigenvalue weighted by Crippen LogP contribution is -2.43. The Bertz CT molecular complexity index is 860. The lowest BCUT2D eigenvalue weighted by atomic mass is 10.0. The van der Waals surface area contributed by atoms with Gasteiger partial charge in [-0.2, -0.15) is 0 Å². The van der Waals surface area contributed by atoms with Crippen LogP contribution in [-0.4, -0.2) is 39.2 Å². The van der Waals surface area contributed by atoms with Crippen LogP contribution in [0.25, 0.3) is 11.0 Å². The van der Waals surface area contributed by atoms with Crippen molar-refractivity contribution in [3.05, 3.63) is 32.9 Å². The Morgan fingerprint density at radius 3 is 2.56 bits per heavy atom. The predicted octanol–water partition coefficient (Wildman–Crippen LogP) is 3.80. The van der Waals surface area contributed by atoms with Gasteiger partial charge in [0.15, 0.2) is 0 Å². The van der Waals surface area contributed by atoms with E-state index in [-0.39, 0.29) is 17.8 Å². The van der Waals surface area contributed by atoms with Crippen LogP contribution in [0.15, 0.2) is 21.4 Å². The van der Waals surface area contributed by atoms with Crippen LogP contribution in [0.2, 0.25) is 0 Å². The number of hydrogen-bond acceptors (Lipinski definition) is 3. The SMILES string of the molecule is CC(C)(C)OC(=O)N1CCC(n2c(=O)[nH]c3cc(F)c(Br)cc32)CC1. The summed E-state index contributed by atoms with van der Waals surface area (Å²) in [6, 6.07) is 2.88. The number of aromatic nitrogens is 2.